The van der Waals surface area contributed by atoms with Gasteiger partial charge in [-0.05, 0) is 25.3 Å². The van der Waals surface area contributed by atoms with Gasteiger partial charge in [0, 0.05) is 13.8 Å². The van der Waals surface area contributed by atoms with Gasteiger partial charge in [-0.25, -0.2) is 0 Å². The fourth-order valence-corrected chi connectivity index (χ4v) is 0.313. The van der Waals surface area contributed by atoms with Gasteiger partial charge in [-0.15, -0.1) is 6.58 Å². The van der Waals surface area contributed by atoms with E-state index in [1.807, 2.05) is 25.1 Å². The van der Waals surface area contributed by atoms with Gasteiger partial charge in [0.1, 0.15) is 0 Å². The van der Waals surface area contributed by atoms with Crippen LogP contribution in [-0.2, 0) is 0 Å². The molecule has 0 fully saturated rings. The molecule has 0 aromatic carbocycles. The Bertz CT molecular complexity index is 118. The van der Waals surface area contributed by atoms with E-state index in [1.54, 1.807) is 24.7 Å². The molecule has 0 N–H and O–H groups in total. The van der Waals surface area contributed by atoms with Crippen LogP contribution in [0.2, 0.25) is 0 Å². The molecule has 1 heterocycles. The van der Waals surface area contributed by atoms with Crippen LogP contribution in [0, 0.1) is 0 Å². The number of aromatic nitrogens is 1. The first kappa shape index (κ1) is 13.8. The van der Waals surface area contributed by atoms with Crippen LogP contribution >= 0.6 is 12.6 Å². The summed E-state index contributed by atoms with van der Waals surface area (Å²) < 4.78 is 5.75. The quantitative estimate of drug-likeness (QED) is 0.485. The molecule has 0 aliphatic rings. The Morgan fingerprint density at radius 2 is 1.67 bits per heavy atom. The second kappa shape index (κ2) is 22.5. The van der Waals surface area contributed by atoms with E-state index < -0.39 is 0 Å². The lowest BCUT2D eigenvalue weighted by molar-refractivity contribution is 1.33. The Kier molecular flexibility index (Phi) is 25.8. The van der Waals surface area contributed by atoms with Crippen molar-refractivity contribution < 1.29 is 1.37 Å². The van der Waals surface area contributed by atoms with Crippen molar-refractivity contribution in [3.8, 4) is 0 Å². The van der Waals surface area contributed by atoms with Gasteiger partial charge < -0.3 is 0 Å². The molecular weight excluding hydrogens is 166 g/mol. The molecule has 1 aromatic heterocycles. The molecule has 0 aliphatic heterocycles. The van der Waals surface area contributed by atoms with Crippen molar-refractivity contribution in [1.29, 1.82) is 0 Å². The predicted octanol–water partition coefficient (Wildman–Crippen LogP) is 3.46. The molecule has 0 atom stereocenters. The van der Waals surface area contributed by atoms with Crippen molar-refractivity contribution in [2.75, 3.05) is 6.26 Å². The molecule has 1 rings (SSSR count). The summed E-state index contributed by atoms with van der Waals surface area (Å²) in [6, 6.07) is 5.72. The Morgan fingerprint density at radius 3 is 1.75 bits per heavy atom. The topological polar surface area (TPSA) is 12.9 Å². The molecule has 0 saturated carbocycles. The fourth-order valence-electron chi connectivity index (χ4n) is 0.313. The minimum atomic E-state index is 1.25. The van der Waals surface area contributed by atoms with Gasteiger partial charge in [0.25, 0.3) is 0 Å². The highest BCUT2D eigenvalue weighted by atomic mass is 32.1. The molecule has 70 valence electrons. The molecule has 12 heavy (non-hydrogen) atoms. The van der Waals surface area contributed by atoms with E-state index in [0.29, 0.717) is 0 Å². The molecule has 0 aliphatic carbocycles. The number of nitrogens with zero attached hydrogens (tertiary/aromatic N) is 1. The van der Waals surface area contributed by atoms with Gasteiger partial charge in [-0.1, -0.05) is 19.5 Å². The van der Waals surface area contributed by atoms with E-state index in [9.17, 15) is 0 Å². The van der Waals surface area contributed by atoms with E-state index in [-0.39, 0.29) is 0 Å². The molecule has 1 aromatic rings. The Balaban J connectivity index is -0.000000124. The summed E-state index contributed by atoms with van der Waals surface area (Å²) >= 11 is 3.53. The number of allylic oxidation sites excluding steroid dienone is 1. The number of pyridine rings is 1. The molecule has 2 heteroatoms. The van der Waals surface area contributed by atoms with Crippen LogP contribution < -0.4 is 0 Å². The van der Waals surface area contributed by atoms with Crippen molar-refractivity contribution in [3.63, 3.8) is 0 Å². The Hall–Kier alpha value is -0.760. The van der Waals surface area contributed by atoms with Crippen LogP contribution in [0.3, 0.4) is 0 Å². The molecule has 0 radical (unpaired) electrons. The van der Waals surface area contributed by atoms with Crippen molar-refractivity contribution in [1.82, 2.24) is 4.98 Å². The van der Waals surface area contributed by atoms with E-state index in [1.165, 1.54) is 7.40 Å². The van der Waals surface area contributed by atoms with E-state index >= 15 is 0 Å². The number of hydrogen-bond donors (Lipinski definition) is 1. The van der Waals surface area contributed by atoms with Crippen molar-refractivity contribution in [2.45, 2.75) is 14.3 Å². The Labute approximate surface area is 83.4 Å². The highest BCUT2D eigenvalue weighted by molar-refractivity contribution is 7.79. The van der Waals surface area contributed by atoms with Crippen LogP contribution in [0.1, 0.15) is 15.7 Å². The standard InChI is InChI=1S/C5H5N.C3H6.CH4S.CH4/c1-2-4-6-5-3-1;1-3-2;1-2;/h1-5H;3H,1H2,2H3;2H,1H3;1H4/i;;;1T. The van der Waals surface area contributed by atoms with Crippen LogP contribution in [0.4, 0.5) is 0 Å². The second-order valence-electron chi connectivity index (χ2n) is 1.43. The zero-order valence-corrected chi connectivity index (χ0v) is 8.96. The highest BCUT2D eigenvalue weighted by Gasteiger charge is 1.58. The van der Waals surface area contributed by atoms with Gasteiger partial charge >= 0.3 is 0 Å². The third-order valence-electron chi connectivity index (χ3n) is 0.566. The predicted molar refractivity (Wildman–Crippen MR) is 61.7 cm³/mol. The van der Waals surface area contributed by atoms with E-state index in [4.69, 9.17) is 1.37 Å². The SMILES string of the molecule is C=CC.CS.[3H]C.c1ccncc1. The summed E-state index contributed by atoms with van der Waals surface area (Å²) in [5.74, 6) is 0. The maximum Gasteiger partial charge on any atom is 0.0267 e. The summed E-state index contributed by atoms with van der Waals surface area (Å²) in [6.07, 6.45) is 6.94. The first-order valence-corrected chi connectivity index (χ1v) is 4.18. The fraction of sp³-hybridized carbons (Fsp3) is 0.300. The lowest BCUT2D eigenvalue weighted by atomic mass is 10.5. The maximum atomic E-state index is 5.75. The number of rotatable bonds is 0. The van der Waals surface area contributed by atoms with Gasteiger partial charge in [-0.3, -0.25) is 4.98 Å². The summed E-state index contributed by atoms with van der Waals surface area (Å²) in [5.41, 5.74) is 0. The lowest BCUT2D eigenvalue weighted by Gasteiger charge is -1.70. The monoisotopic (exact) mass is 187 g/mol. The second-order valence-corrected chi connectivity index (χ2v) is 1.43. The molecule has 1 nitrogen and oxygen atoms in total. The van der Waals surface area contributed by atoms with Gasteiger partial charge in [0.05, 0.1) is 0 Å². The van der Waals surface area contributed by atoms with Crippen LogP contribution in [0.25, 0.3) is 0 Å². The highest BCUT2D eigenvalue weighted by Crippen LogP contribution is 1.73. The van der Waals surface area contributed by atoms with Crippen LogP contribution in [-0.4, -0.2) is 11.2 Å². The maximum absolute atomic E-state index is 5.75. The average molecular weight is 187 g/mol. The lowest BCUT2D eigenvalue weighted by Crippen LogP contribution is -1.58. The average Bonchev–Trinajstić information content (AvgIpc) is 2.27. The summed E-state index contributed by atoms with van der Waals surface area (Å²) in [6.45, 7) is 5.25. The number of hydrogen-bond acceptors (Lipinski definition) is 2. The molecular formula is C10H19NS. The summed E-state index contributed by atoms with van der Waals surface area (Å²) in [4.78, 5) is 3.78. The van der Waals surface area contributed by atoms with Gasteiger partial charge in [0.15, 0.2) is 0 Å². The minimum Gasteiger partial charge on any atom is -0.265 e. The Morgan fingerprint density at radius 1 is 1.33 bits per heavy atom. The van der Waals surface area contributed by atoms with Gasteiger partial charge in [-0.2, -0.15) is 12.6 Å². The van der Waals surface area contributed by atoms with E-state index in [0.717, 1.165) is 0 Å². The molecule has 0 amide bonds. The van der Waals surface area contributed by atoms with Crippen LogP contribution in [0.15, 0.2) is 43.2 Å². The number of thiol groups is 1. The third-order valence-corrected chi connectivity index (χ3v) is 0.566. The summed E-state index contributed by atoms with van der Waals surface area (Å²) in [7, 11) is 1.25. The first-order chi connectivity index (χ1) is 6.41. The normalized spacial score (nSPS) is 6.17. The molecule has 0 unspecified atom stereocenters. The third kappa shape index (κ3) is 22.8. The van der Waals surface area contributed by atoms with Crippen LogP contribution in [0.5, 0.6) is 0 Å². The molecule has 0 spiro atoms. The summed E-state index contributed by atoms with van der Waals surface area (Å²) in [5, 5.41) is 0. The van der Waals surface area contributed by atoms with Crippen molar-refractivity contribution >= 4 is 12.6 Å². The first-order valence-electron chi connectivity index (χ1n) is 4.28. The van der Waals surface area contributed by atoms with Crippen molar-refractivity contribution in [2.24, 2.45) is 0 Å². The largest absolute Gasteiger partial charge is 0.265 e. The smallest absolute Gasteiger partial charge is 0.0267 e. The van der Waals surface area contributed by atoms with Crippen molar-refractivity contribution in [3.05, 3.63) is 43.2 Å². The van der Waals surface area contributed by atoms with E-state index in [2.05, 4.69) is 24.2 Å². The molecule has 0 bridgehead atoms. The minimum absolute atomic E-state index is 1.25. The zero-order chi connectivity index (χ0) is 10.9. The zero-order valence-electron chi connectivity index (χ0n) is 9.07. The van der Waals surface area contributed by atoms with Gasteiger partial charge in [0.2, 0.25) is 0 Å². The molecule has 0 saturated heterocycles.